The number of nitrogens with one attached hydrogen (secondary N) is 1. The van der Waals surface area contributed by atoms with Crippen LogP contribution in [0, 0.1) is 6.92 Å². The molecule has 2 aromatic rings. The van der Waals surface area contributed by atoms with Gasteiger partial charge in [0, 0.05) is 13.1 Å². The molecule has 0 spiro atoms. The smallest absolute Gasteiger partial charge is 0.410 e. The summed E-state index contributed by atoms with van der Waals surface area (Å²) in [5, 5.41) is 3.53. The lowest BCUT2D eigenvalue weighted by Gasteiger charge is -2.44. The molecular formula is C23H28ClN3O3. The highest BCUT2D eigenvalue weighted by Crippen LogP contribution is 2.32. The first-order valence-corrected chi connectivity index (χ1v) is 10.4. The number of hydrogen-bond donors (Lipinski definition) is 1. The Labute approximate surface area is 182 Å². The summed E-state index contributed by atoms with van der Waals surface area (Å²) in [4.78, 5) is 29.3. The minimum atomic E-state index is -0.720. The fraction of sp³-hybridized carbons (Fsp3) is 0.391. The standard InChI is InChI=1S/C23H28ClN3O3/c1-17-8-7-11-19(24)20(17)25-21(28)23(26(2)3)12-14-27(15-13-23)22(29)30-16-18-9-5-4-6-10-18/h4-11H,12-16H2,1-3H3,(H,25,28). The molecule has 1 aliphatic rings. The van der Waals surface area contributed by atoms with Crippen LogP contribution in [0.15, 0.2) is 48.5 Å². The van der Waals surface area contributed by atoms with E-state index in [-0.39, 0.29) is 18.6 Å². The van der Waals surface area contributed by atoms with Gasteiger partial charge in [-0.05, 0) is 51.1 Å². The molecule has 0 radical (unpaired) electrons. The van der Waals surface area contributed by atoms with Crippen LogP contribution in [0.1, 0.15) is 24.0 Å². The number of likely N-dealkylation sites (tertiary alicyclic amines) is 1. The summed E-state index contributed by atoms with van der Waals surface area (Å²) < 4.78 is 5.44. The zero-order chi connectivity index (χ0) is 21.7. The SMILES string of the molecule is Cc1cccc(Cl)c1NC(=O)C1(N(C)C)CCN(C(=O)OCc2ccccc2)CC1. The summed E-state index contributed by atoms with van der Waals surface area (Å²) in [6, 6.07) is 15.1. The zero-order valence-corrected chi connectivity index (χ0v) is 18.4. The Kier molecular flexibility index (Phi) is 7.00. The van der Waals surface area contributed by atoms with Gasteiger partial charge >= 0.3 is 6.09 Å². The highest BCUT2D eigenvalue weighted by molar-refractivity contribution is 6.34. The van der Waals surface area contributed by atoms with Crippen molar-refractivity contribution >= 4 is 29.3 Å². The highest BCUT2D eigenvalue weighted by atomic mass is 35.5. The number of benzene rings is 2. The van der Waals surface area contributed by atoms with E-state index in [9.17, 15) is 9.59 Å². The lowest BCUT2D eigenvalue weighted by Crippen LogP contribution is -2.60. The van der Waals surface area contributed by atoms with Crippen molar-refractivity contribution in [3.05, 3.63) is 64.7 Å². The molecule has 2 amide bonds. The van der Waals surface area contributed by atoms with Gasteiger partial charge < -0.3 is 15.0 Å². The zero-order valence-electron chi connectivity index (χ0n) is 17.7. The first-order chi connectivity index (χ1) is 14.3. The van der Waals surface area contributed by atoms with E-state index < -0.39 is 5.54 Å². The van der Waals surface area contributed by atoms with E-state index in [0.29, 0.717) is 36.6 Å². The molecule has 1 heterocycles. The van der Waals surface area contributed by atoms with E-state index in [4.69, 9.17) is 16.3 Å². The summed E-state index contributed by atoms with van der Waals surface area (Å²) in [6.45, 7) is 3.04. The Morgan fingerprint density at radius 2 is 1.77 bits per heavy atom. The molecular weight excluding hydrogens is 402 g/mol. The van der Waals surface area contributed by atoms with E-state index in [0.717, 1.165) is 11.1 Å². The van der Waals surface area contributed by atoms with Gasteiger partial charge in [0.1, 0.15) is 12.1 Å². The molecule has 6 nitrogen and oxygen atoms in total. The van der Waals surface area contributed by atoms with E-state index in [1.54, 1.807) is 11.0 Å². The molecule has 30 heavy (non-hydrogen) atoms. The number of piperidine rings is 1. The van der Waals surface area contributed by atoms with E-state index in [1.807, 2.05) is 68.4 Å². The van der Waals surface area contributed by atoms with Gasteiger partial charge in [-0.2, -0.15) is 0 Å². The number of carbonyl (C=O) groups is 2. The fourth-order valence-electron chi connectivity index (χ4n) is 3.77. The van der Waals surface area contributed by atoms with Crippen LogP contribution in [-0.4, -0.2) is 54.5 Å². The van der Waals surface area contributed by atoms with Gasteiger partial charge in [0.2, 0.25) is 5.91 Å². The first kappa shape index (κ1) is 22.1. The fourth-order valence-corrected chi connectivity index (χ4v) is 4.04. The second-order valence-electron chi connectivity index (χ2n) is 7.84. The van der Waals surface area contributed by atoms with E-state index in [1.165, 1.54) is 0 Å². The molecule has 0 atom stereocenters. The van der Waals surface area contributed by atoms with Gasteiger partial charge in [0.05, 0.1) is 10.7 Å². The lowest BCUT2D eigenvalue weighted by atomic mass is 9.85. The van der Waals surface area contributed by atoms with Crippen LogP contribution in [0.5, 0.6) is 0 Å². The molecule has 1 fully saturated rings. The van der Waals surface area contributed by atoms with Crippen molar-refractivity contribution in [2.45, 2.75) is 31.9 Å². The summed E-state index contributed by atoms with van der Waals surface area (Å²) in [6.07, 6.45) is 0.666. The molecule has 1 aliphatic heterocycles. The van der Waals surface area contributed by atoms with Crippen LogP contribution in [0.25, 0.3) is 0 Å². The number of amides is 2. The monoisotopic (exact) mass is 429 g/mol. The molecule has 0 aliphatic carbocycles. The summed E-state index contributed by atoms with van der Waals surface area (Å²) >= 11 is 6.29. The molecule has 1 saturated heterocycles. The summed E-state index contributed by atoms with van der Waals surface area (Å²) in [7, 11) is 3.78. The third-order valence-corrected chi connectivity index (χ3v) is 6.11. The normalized spacial score (nSPS) is 15.7. The molecule has 3 rings (SSSR count). The topological polar surface area (TPSA) is 61.9 Å². The number of halogens is 1. The highest BCUT2D eigenvalue weighted by Gasteiger charge is 2.44. The third-order valence-electron chi connectivity index (χ3n) is 5.79. The predicted molar refractivity (Wildman–Crippen MR) is 119 cm³/mol. The van der Waals surface area contributed by atoms with Gasteiger partial charge in [0.15, 0.2) is 0 Å². The van der Waals surface area contributed by atoms with Crippen LogP contribution in [0.4, 0.5) is 10.5 Å². The van der Waals surface area contributed by atoms with Gasteiger partial charge in [-0.25, -0.2) is 4.79 Å². The molecule has 0 saturated carbocycles. The molecule has 0 unspecified atom stereocenters. The van der Waals surface area contributed by atoms with Crippen LogP contribution in [0.2, 0.25) is 5.02 Å². The minimum absolute atomic E-state index is 0.110. The lowest BCUT2D eigenvalue weighted by molar-refractivity contribution is -0.129. The number of para-hydroxylation sites is 1. The second-order valence-corrected chi connectivity index (χ2v) is 8.25. The van der Waals surface area contributed by atoms with Gasteiger partial charge in [-0.3, -0.25) is 9.69 Å². The number of carbonyl (C=O) groups excluding carboxylic acids is 2. The van der Waals surface area contributed by atoms with Gasteiger partial charge in [0.25, 0.3) is 0 Å². The number of ether oxygens (including phenoxy) is 1. The Morgan fingerprint density at radius 3 is 2.37 bits per heavy atom. The molecule has 2 aromatic carbocycles. The Morgan fingerprint density at radius 1 is 1.10 bits per heavy atom. The maximum Gasteiger partial charge on any atom is 0.410 e. The van der Waals surface area contributed by atoms with Crippen molar-refractivity contribution < 1.29 is 14.3 Å². The number of likely N-dealkylation sites (N-methyl/N-ethyl adjacent to an activating group) is 1. The first-order valence-electron chi connectivity index (χ1n) is 10.0. The van der Waals surface area contributed by atoms with Crippen molar-refractivity contribution in [3.8, 4) is 0 Å². The molecule has 0 bridgehead atoms. The average Bonchev–Trinajstić information content (AvgIpc) is 2.75. The van der Waals surface area contributed by atoms with Gasteiger partial charge in [-0.1, -0.05) is 54.1 Å². The third kappa shape index (κ3) is 4.77. The second kappa shape index (κ2) is 9.49. The maximum atomic E-state index is 13.3. The molecule has 7 heteroatoms. The molecule has 1 N–H and O–H groups in total. The number of anilines is 1. The molecule has 0 aromatic heterocycles. The van der Waals surface area contributed by atoms with Crippen LogP contribution in [-0.2, 0) is 16.1 Å². The summed E-state index contributed by atoms with van der Waals surface area (Å²) in [5.41, 5.74) is 1.77. The van der Waals surface area contributed by atoms with Crippen molar-refractivity contribution in [3.63, 3.8) is 0 Å². The van der Waals surface area contributed by atoms with Crippen LogP contribution >= 0.6 is 11.6 Å². The van der Waals surface area contributed by atoms with Crippen molar-refractivity contribution in [1.29, 1.82) is 0 Å². The minimum Gasteiger partial charge on any atom is -0.445 e. The molecule has 160 valence electrons. The Hall–Kier alpha value is -2.57. The van der Waals surface area contributed by atoms with Crippen molar-refractivity contribution in [2.24, 2.45) is 0 Å². The summed E-state index contributed by atoms with van der Waals surface area (Å²) in [5.74, 6) is -0.110. The predicted octanol–water partition coefficient (Wildman–Crippen LogP) is 4.32. The Bertz CT molecular complexity index is 874. The largest absolute Gasteiger partial charge is 0.445 e. The maximum absolute atomic E-state index is 13.3. The van der Waals surface area contributed by atoms with E-state index >= 15 is 0 Å². The van der Waals surface area contributed by atoms with Crippen molar-refractivity contribution in [1.82, 2.24) is 9.80 Å². The van der Waals surface area contributed by atoms with Gasteiger partial charge in [-0.15, -0.1) is 0 Å². The van der Waals surface area contributed by atoms with Crippen molar-refractivity contribution in [2.75, 3.05) is 32.5 Å². The van der Waals surface area contributed by atoms with E-state index in [2.05, 4.69) is 5.32 Å². The average molecular weight is 430 g/mol. The Balaban J connectivity index is 1.63. The quantitative estimate of drug-likeness (QED) is 0.768. The van der Waals surface area contributed by atoms with Crippen LogP contribution in [0.3, 0.4) is 0 Å². The number of hydrogen-bond acceptors (Lipinski definition) is 4. The number of rotatable bonds is 5. The number of nitrogens with zero attached hydrogens (tertiary/aromatic N) is 2. The van der Waals surface area contributed by atoms with Crippen LogP contribution < -0.4 is 5.32 Å². The number of aryl methyl sites for hydroxylation is 1.